The van der Waals surface area contributed by atoms with E-state index in [0.717, 1.165) is 13.2 Å². The van der Waals surface area contributed by atoms with Crippen molar-refractivity contribution >= 4 is 0 Å². The summed E-state index contributed by atoms with van der Waals surface area (Å²) in [4.78, 5) is 4.04. The van der Waals surface area contributed by atoms with Crippen molar-refractivity contribution in [3.63, 3.8) is 0 Å². The van der Waals surface area contributed by atoms with Crippen LogP contribution in [0.4, 0.5) is 0 Å². The van der Waals surface area contributed by atoms with Crippen molar-refractivity contribution < 1.29 is 4.74 Å². The van der Waals surface area contributed by atoms with Crippen molar-refractivity contribution in [3.8, 4) is 0 Å². The first-order valence-electron chi connectivity index (χ1n) is 6.01. The first-order valence-corrected chi connectivity index (χ1v) is 6.01. The molecule has 2 rings (SSSR count). The van der Waals surface area contributed by atoms with E-state index in [2.05, 4.69) is 36.3 Å². The van der Waals surface area contributed by atoms with E-state index in [4.69, 9.17) is 4.74 Å². The normalized spacial score (nSPS) is 24.2. The Labute approximate surface area is 97.2 Å². The number of aromatic nitrogens is 1. The zero-order chi connectivity index (χ0) is 11.4. The van der Waals surface area contributed by atoms with E-state index in [-0.39, 0.29) is 0 Å². The highest BCUT2D eigenvalue weighted by Crippen LogP contribution is 2.19. The molecule has 16 heavy (non-hydrogen) atoms. The minimum absolute atomic E-state index is 0.374. The third kappa shape index (κ3) is 2.80. The Kier molecular flexibility index (Phi) is 3.91. The second-order valence-electron chi connectivity index (χ2n) is 4.58. The molecule has 3 atom stereocenters. The summed E-state index contributed by atoms with van der Waals surface area (Å²) < 4.78 is 5.42. The van der Waals surface area contributed by atoms with Crippen molar-refractivity contribution in [2.45, 2.75) is 32.4 Å². The third-order valence-electron chi connectivity index (χ3n) is 3.39. The lowest BCUT2D eigenvalue weighted by Crippen LogP contribution is -2.35. The van der Waals surface area contributed by atoms with Crippen LogP contribution < -0.4 is 5.32 Å². The summed E-state index contributed by atoms with van der Waals surface area (Å²) in [7, 11) is 0. The maximum Gasteiger partial charge on any atom is 0.0509 e. The minimum Gasteiger partial charge on any atom is -0.381 e. The summed E-state index contributed by atoms with van der Waals surface area (Å²) in [5.41, 5.74) is 1.29. The van der Waals surface area contributed by atoms with E-state index in [1.165, 1.54) is 12.0 Å². The predicted octanol–water partition coefficient (Wildman–Crippen LogP) is 2.16. The fourth-order valence-corrected chi connectivity index (χ4v) is 2.23. The fraction of sp³-hybridized carbons (Fsp3) is 0.615. The molecule has 1 fully saturated rings. The van der Waals surface area contributed by atoms with Gasteiger partial charge in [-0.2, -0.15) is 0 Å². The van der Waals surface area contributed by atoms with Gasteiger partial charge in [-0.15, -0.1) is 0 Å². The van der Waals surface area contributed by atoms with E-state index in [0.29, 0.717) is 18.0 Å². The van der Waals surface area contributed by atoms with Crippen molar-refractivity contribution in [2.75, 3.05) is 13.2 Å². The molecule has 0 aliphatic carbocycles. The molecular weight excluding hydrogens is 200 g/mol. The van der Waals surface area contributed by atoms with Gasteiger partial charge in [0.25, 0.3) is 0 Å². The number of rotatable bonds is 4. The highest BCUT2D eigenvalue weighted by Gasteiger charge is 2.23. The van der Waals surface area contributed by atoms with Crippen molar-refractivity contribution in [1.82, 2.24) is 10.3 Å². The SMILES string of the molecule is CC(N[C@@H](C)c1ccncc1)C1CCOC1. The topological polar surface area (TPSA) is 34.2 Å². The van der Waals surface area contributed by atoms with Gasteiger partial charge in [0.15, 0.2) is 0 Å². The molecule has 3 heteroatoms. The Hall–Kier alpha value is -0.930. The summed E-state index contributed by atoms with van der Waals surface area (Å²) in [6.07, 6.45) is 4.87. The molecule has 1 N–H and O–H groups in total. The molecular formula is C13H20N2O. The van der Waals surface area contributed by atoms with Crippen LogP contribution in [-0.2, 0) is 4.74 Å². The van der Waals surface area contributed by atoms with E-state index in [9.17, 15) is 0 Å². The summed E-state index contributed by atoms with van der Waals surface area (Å²) in [5, 5.41) is 3.63. The number of ether oxygens (including phenoxy) is 1. The lowest BCUT2D eigenvalue weighted by Gasteiger charge is -2.24. The number of hydrogen-bond acceptors (Lipinski definition) is 3. The van der Waals surface area contributed by atoms with Crippen LogP contribution >= 0.6 is 0 Å². The van der Waals surface area contributed by atoms with Gasteiger partial charge >= 0.3 is 0 Å². The third-order valence-corrected chi connectivity index (χ3v) is 3.39. The quantitative estimate of drug-likeness (QED) is 0.844. The van der Waals surface area contributed by atoms with Crippen LogP contribution in [0.25, 0.3) is 0 Å². The standard InChI is InChI=1S/C13H20N2O/c1-10(12-3-6-14-7-4-12)15-11(2)13-5-8-16-9-13/h3-4,6-7,10-11,13,15H,5,8-9H2,1-2H3/t10-,11?,13?/m0/s1. The van der Waals surface area contributed by atoms with Crippen LogP contribution in [0.1, 0.15) is 31.9 Å². The van der Waals surface area contributed by atoms with Crippen LogP contribution in [0.2, 0.25) is 0 Å². The molecule has 3 nitrogen and oxygen atoms in total. The molecule has 0 aromatic carbocycles. The Balaban J connectivity index is 1.89. The Morgan fingerprint density at radius 3 is 2.75 bits per heavy atom. The molecule has 1 aliphatic rings. The van der Waals surface area contributed by atoms with Gasteiger partial charge in [-0.3, -0.25) is 4.98 Å². The van der Waals surface area contributed by atoms with Crippen LogP contribution in [0.15, 0.2) is 24.5 Å². The first kappa shape index (κ1) is 11.6. The van der Waals surface area contributed by atoms with E-state index < -0.39 is 0 Å². The molecule has 1 aromatic rings. The average Bonchev–Trinajstić information content (AvgIpc) is 2.83. The molecule has 0 bridgehead atoms. The monoisotopic (exact) mass is 220 g/mol. The Morgan fingerprint density at radius 2 is 2.12 bits per heavy atom. The molecule has 1 aromatic heterocycles. The Morgan fingerprint density at radius 1 is 1.38 bits per heavy atom. The zero-order valence-electron chi connectivity index (χ0n) is 10.0. The minimum atomic E-state index is 0.374. The van der Waals surface area contributed by atoms with Crippen LogP contribution in [0.3, 0.4) is 0 Å². The lowest BCUT2D eigenvalue weighted by atomic mass is 9.99. The van der Waals surface area contributed by atoms with Gasteiger partial charge in [0.05, 0.1) is 6.61 Å². The lowest BCUT2D eigenvalue weighted by molar-refractivity contribution is 0.177. The van der Waals surface area contributed by atoms with Gasteiger partial charge < -0.3 is 10.1 Å². The molecule has 0 saturated carbocycles. The van der Waals surface area contributed by atoms with Gasteiger partial charge in [0, 0.05) is 31.1 Å². The number of pyridine rings is 1. The summed E-state index contributed by atoms with van der Waals surface area (Å²) in [5.74, 6) is 0.657. The number of nitrogens with zero attached hydrogens (tertiary/aromatic N) is 1. The molecule has 1 aliphatic heterocycles. The molecule has 0 spiro atoms. The highest BCUT2D eigenvalue weighted by atomic mass is 16.5. The number of hydrogen-bond donors (Lipinski definition) is 1. The largest absolute Gasteiger partial charge is 0.381 e. The van der Waals surface area contributed by atoms with Gasteiger partial charge in [-0.05, 0) is 43.9 Å². The fourth-order valence-electron chi connectivity index (χ4n) is 2.23. The van der Waals surface area contributed by atoms with Crippen LogP contribution in [0, 0.1) is 5.92 Å². The van der Waals surface area contributed by atoms with Crippen molar-refractivity contribution in [3.05, 3.63) is 30.1 Å². The van der Waals surface area contributed by atoms with Gasteiger partial charge in [-0.25, -0.2) is 0 Å². The predicted molar refractivity (Wildman–Crippen MR) is 64.2 cm³/mol. The molecule has 0 amide bonds. The molecule has 0 radical (unpaired) electrons. The maximum atomic E-state index is 5.42. The summed E-state index contributed by atoms with van der Waals surface area (Å²) >= 11 is 0. The van der Waals surface area contributed by atoms with Crippen molar-refractivity contribution in [2.24, 2.45) is 5.92 Å². The Bertz CT molecular complexity index is 309. The van der Waals surface area contributed by atoms with Gasteiger partial charge in [-0.1, -0.05) is 0 Å². The first-order chi connectivity index (χ1) is 7.77. The summed E-state index contributed by atoms with van der Waals surface area (Å²) in [6.45, 7) is 6.26. The van der Waals surface area contributed by atoms with E-state index in [1.807, 2.05) is 12.4 Å². The van der Waals surface area contributed by atoms with Gasteiger partial charge in [0.2, 0.25) is 0 Å². The smallest absolute Gasteiger partial charge is 0.0509 e. The maximum absolute atomic E-state index is 5.42. The zero-order valence-corrected chi connectivity index (χ0v) is 10.0. The van der Waals surface area contributed by atoms with Gasteiger partial charge in [0.1, 0.15) is 0 Å². The van der Waals surface area contributed by atoms with Crippen LogP contribution in [0.5, 0.6) is 0 Å². The molecule has 1 saturated heterocycles. The van der Waals surface area contributed by atoms with E-state index in [1.54, 1.807) is 0 Å². The summed E-state index contributed by atoms with van der Waals surface area (Å²) in [6, 6.07) is 5.01. The second-order valence-corrected chi connectivity index (χ2v) is 4.58. The molecule has 2 heterocycles. The number of nitrogens with one attached hydrogen (secondary N) is 1. The molecule has 88 valence electrons. The van der Waals surface area contributed by atoms with E-state index >= 15 is 0 Å². The second kappa shape index (κ2) is 5.41. The average molecular weight is 220 g/mol. The van der Waals surface area contributed by atoms with Crippen molar-refractivity contribution in [1.29, 1.82) is 0 Å². The van der Waals surface area contributed by atoms with Crippen LogP contribution in [-0.4, -0.2) is 24.2 Å². The highest BCUT2D eigenvalue weighted by molar-refractivity contribution is 5.14. The molecule has 2 unspecified atom stereocenters.